The largest absolute Gasteiger partial charge is 0.394 e. The number of benzene rings is 1. The second kappa shape index (κ2) is 5.48. The van der Waals surface area contributed by atoms with E-state index in [0.29, 0.717) is 10.4 Å². The van der Waals surface area contributed by atoms with Crippen LogP contribution in [0.4, 0.5) is 10.1 Å². The van der Waals surface area contributed by atoms with Gasteiger partial charge in [0.1, 0.15) is 5.52 Å². The van der Waals surface area contributed by atoms with E-state index in [0.717, 1.165) is 0 Å². The number of hydrogen-bond donors (Lipinski definition) is 3. The summed E-state index contributed by atoms with van der Waals surface area (Å²) in [6.45, 7) is -0.328. The van der Waals surface area contributed by atoms with E-state index in [1.807, 2.05) is 0 Å². The molecule has 2 rings (SSSR count). The van der Waals surface area contributed by atoms with Gasteiger partial charge in [-0.2, -0.15) is 0 Å². The molecule has 0 saturated carbocycles. The summed E-state index contributed by atoms with van der Waals surface area (Å²) in [5, 5.41) is 21.5. The van der Waals surface area contributed by atoms with E-state index >= 15 is 0 Å². The van der Waals surface area contributed by atoms with Crippen LogP contribution in [0.1, 0.15) is 0 Å². The molecular weight excluding hydrogens is 259 g/mol. The van der Waals surface area contributed by atoms with Crippen LogP contribution in [0, 0.1) is 5.82 Å². The maximum atomic E-state index is 14.1. The molecule has 3 N–H and O–H groups in total. The van der Waals surface area contributed by atoms with Crippen LogP contribution in [0.25, 0.3) is 10.9 Å². The van der Waals surface area contributed by atoms with E-state index in [4.69, 9.17) is 16.7 Å². The lowest BCUT2D eigenvalue weighted by Gasteiger charge is -2.12. The second-order valence-electron chi connectivity index (χ2n) is 3.83. The minimum Gasteiger partial charge on any atom is -0.394 e. The number of fused-ring (bicyclic) bond motifs is 1. The molecule has 0 radical (unpaired) electrons. The third-order valence-corrected chi connectivity index (χ3v) is 2.87. The minimum atomic E-state index is -0.938. The molecule has 0 fully saturated rings. The Kier molecular flexibility index (Phi) is 3.96. The molecule has 0 spiro atoms. The van der Waals surface area contributed by atoms with E-state index in [1.54, 1.807) is 12.1 Å². The third kappa shape index (κ3) is 2.53. The fourth-order valence-electron chi connectivity index (χ4n) is 1.58. The monoisotopic (exact) mass is 270 g/mol. The first-order chi connectivity index (χ1) is 8.63. The maximum absolute atomic E-state index is 14.1. The Morgan fingerprint density at radius 1 is 1.39 bits per heavy atom. The minimum absolute atomic E-state index is 0.0551. The highest BCUT2D eigenvalue weighted by atomic mass is 35.5. The Morgan fingerprint density at radius 2 is 2.17 bits per heavy atom. The normalized spacial score (nSPS) is 12.7. The van der Waals surface area contributed by atoms with Gasteiger partial charge in [-0.05, 0) is 18.2 Å². The van der Waals surface area contributed by atoms with E-state index in [2.05, 4.69) is 10.3 Å². The van der Waals surface area contributed by atoms with Gasteiger partial charge in [0, 0.05) is 18.1 Å². The number of aromatic nitrogens is 1. The molecule has 2 aromatic rings. The SMILES string of the molecule is OCC(O)CNc1ccc2c(Cl)ccnc2c1F. The fourth-order valence-corrected chi connectivity index (χ4v) is 1.79. The summed E-state index contributed by atoms with van der Waals surface area (Å²) in [4.78, 5) is 3.94. The number of anilines is 1. The second-order valence-corrected chi connectivity index (χ2v) is 4.24. The molecule has 1 unspecified atom stereocenters. The molecule has 1 aromatic heterocycles. The van der Waals surface area contributed by atoms with Crippen LogP contribution in [0.15, 0.2) is 24.4 Å². The Morgan fingerprint density at radius 3 is 2.89 bits per heavy atom. The Labute approximate surface area is 108 Å². The highest BCUT2D eigenvalue weighted by Gasteiger charge is 2.11. The van der Waals surface area contributed by atoms with Crippen molar-refractivity contribution in [1.82, 2.24) is 4.98 Å². The average Bonchev–Trinajstić information content (AvgIpc) is 2.38. The van der Waals surface area contributed by atoms with Gasteiger partial charge >= 0.3 is 0 Å². The van der Waals surface area contributed by atoms with Crippen molar-refractivity contribution in [3.05, 3.63) is 35.2 Å². The maximum Gasteiger partial charge on any atom is 0.172 e. The fraction of sp³-hybridized carbons (Fsp3) is 0.250. The van der Waals surface area contributed by atoms with Crippen LogP contribution in [0.2, 0.25) is 5.02 Å². The summed E-state index contributed by atoms with van der Waals surface area (Å²) in [5.41, 5.74) is 0.385. The smallest absolute Gasteiger partial charge is 0.172 e. The predicted molar refractivity (Wildman–Crippen MR) is 68.3 cm³/mol. The lowest BCUT2D eigenvalue weighted by atomic mass is 10.2. The van der Waals surface area contributed by atoms with Gasteiger partial charge in [0.15, 0.2) is 5.82 Å². The molecule has 0 aliphatic carbocycles. The molecule has 0 amide bonds. The van der Waals surface area contributed by atoms with Crippen molar-refractivity contribution in [2.24, 2.45) is 0 Å². The molecule has 4 nitrogen and oxygen atoms in total. The van der Waals surface area contributed by atoms with Crippen molar-refractivity contribution >= 4 is 28.2 Å². The van der Waals surface area contributed by atoms with Gasteiger partial charge in [-0.25, -0.2) is 4.39 Å². The van der Waals surface area contributed by atoms with Gasteiger partial charge < -0.3 is 15.5 Å². The molecule has 18 heavy (non-hydrogen) atoms. The zero-order valence-corrected chi connectivity index (χ0v) is 10.2. The molecular formula is C12H12ClFN2O2. The number of aliphatic hydroxyl groups is 2. The summed E-state index contributed by atoms with van der Waals surface area (Å²) in [5.74, 6) is -0.528. The van der Waals surface area contributed by atoms with E-state index < -0.39 is 11.9 Å². The Hall–Kier alpha value is -1.43. The van der Waals surface area contributed by atoms with E-state index in [9.17, 15) is 9.50 Å². The molecule has 1 heterocycles. The van der Waals surface area contributed by atoms with Crippen molar-refractivity contribution in [1.29, 1.82) is 0 Å². The number of hydrogen-bond acceptors (Lipinski definition) is 4. The van der Waals surface area contributed by atoms with Crippen molar-refractivity contribution in [3.8, 4) is 0 Å². The molecule has 96 valence electrons. The summed E-state index contributed by atoms with van der Waals surface area (Å²) < 4.78 is 14.1. The molecule has 0 aliphatic heterocycles. The first kappa shape index (κ1) is 13.0. The summed E-state index contributed by atoms with van der Waals surface area (Å²) >= 11 is 5.93. The first-order valence-corrected chi connectivity index (χ1v) is 5.76. The lowest BCUT2D eigenvalue weighted by Crippen LogP contribution is -2.23. The van der Waals surface area contributed by atoms with Gasteiger partial charge in [0.25, 0.3) is 0 Å². The zero-order chi connectivity index (χ0) is 13.1. The summed E-state index contributed by atoms with van der Waals surface area (Å²) in [7, 11) is 0. The quantitative estimate of drug-likeness (QED) is 0.793. The molecule has 0 aliphatic rings. The zero-order valence-electron chi connectivity index (χ0n) is 9.40. The van der Waals surface area contributed by atoms with Crippen LogP contribution in [0.5, 0.6) is 0 Å². The van der Waals surface area contributed by atoms with Crippen LogP contribution >= 0.6 is 11.6 Å². The number of halogens is 2. The van der Waals surface area contributed by atoms with Crippen LogP contribution in [-0.4, -0.2) is 34.5 Å². The molecule has 0 bridgehead atoms. The number of nitrogens with zero attached hydrogens (tertiary/aromatic N) is 1. The van der Waals surface area contributed by atoms with Gasteiger partial charge in [-0.15, -0.1) is 0 Å². The van der Waals surface area contributed by atoms with Gasteiger partial charge in [-0.3, -0.25) is 4.98 Å². The number of nitrogens with one attached hydrogen (secondary N) is 1. The Bertz CT molecular complexity index is 565. The highest BCUT2D eigenvalue weighted by molar-refractivity contribution is 6.35. The van der Waals surface area contributed by atoms with E-state index in [-0.39, 0.29) is 24.4 Å². The average molecular weight is 271 g/mol. The number of pyridine rings is 1. The predicted octanol–water partition coefficient (Wildman–Crippen LogP) is 1.79. The number of aliphatic hydroxyl groups excluding tert-OH is 2. The van der Waals surface area contributed by atoms with Crippen molar-refractivity contribution in [2.45, 2.75) is 6.10 Å². The van der Waals surface area contributed by atoms with Gasteiger partial charge in [0.2, 0.25) is 0 Å². The van der Waals surface area contributed by atoms with Crippen LogP contribution < -0.4 is 5.32 Å². The molecule has 6 heteroatoms. The number of rotatable bonds is 4. The van der Waals surface area contributed by atoms with Crippen LogP contribution in [0.3, 0.4) is 0 Å². The van der Waals surface area contributed by atoms with Crippen molar-refractivity contribution in [3.63, 3.8) is 0 Å². The van der Waals surface area contributed by atoms with Crippen molar-refractivity contribution < 1.29 is 14.6 Å². The van der Waals surface area contributed by atoms with Crippen LogP contribution in [-0.2, 0) is 0 Å². The molecule has 0 saturated heterocycles. The lowest BCUT2D eigenvalue weighted by molar-refractivity contribution is 0.105. The van der Waals surface area contributed by atoms with Gasteiger partial charge in [-0.1, -0.05) is 11.6 Å². The van der Waals surface area contributed by atoms with Crippen molar-refractivity contribution in [2.75, 3.05) is 18.5 Å². The standard InChI is InChI=1S/C12H12ClFN2O2/c13-9-3-4-15-12-8(9)1-2-10(11(12)14)16-5-7(18)6-17/h1-4,7,16-18H,5-6H2. The Balaban J connectivity index is 2.33. The summed E-state index contributed by atoms with van der Waals surface area (Å²) in [6, 6.07) is 4.77. The van der Waals surface area contributed by atoms with Gasteiger partial charge in [0.05, 0.1) is 23.4 Å². The third-order valence-electron chi connectivity index (χ3n) is 2.54. The highest BCUT2D eigenvalue weighted by Crippen LogP contribution is 2.27. The first-order valence-electron chi connectivity index (χ1n) is 5.39. The molecule has 1 atom stereocenters. The topological polar surface area (TPSA) is 65.4 Å². The molecule has 1 aromatic carbocycles. The van der Waals surface area contributed by atoms with E-state index in [1.165, 1.54) is 12.3 Å². The summed E-state index contributed by atoms with van der Waals surface area (Å²) in [6.07, 6.45) is 0.493.